The molecule has 1 fully saturated rings. The predicted octanol–water partition coefficient (Wildman–Crippen LogP) is 0.584. The van der Waals surface area contributed by atoms with E-state index in [9.17, 15) is 0 Å². The molecular formula is C9H17N3. The van der Waals surface area contributed by atoms with E-state index < -0.39 is 0 Å². The zero-order chi connectivity index (χ0) is 8.81. The summed E-state index contributed by atoms with van der Waals surface area (Å²) >= 11 is 0. The van der Waals surface area contributed by atoms with Crippen molar-refractivity contribution in [3.05, 3.63) is 0 Å². The van der Waals surface area contributed by atoms with Crippen LogP contribution in [0.5, 0.6) is 0 Å². The van der Waals surface area contributed by atoms with Crippen molar-refractivity contribution < 1.29 is 0 Å². The van der Waals surface area contributed by atoms with Crippen LogP contribution < -0.4 is 5.32 Å². The third kappa shape index (κ3) is 2.80. The van der Waals surface area contributed by atoms with Crippen LogP contribution in [0.2, 0.25) is 0 Å². The molecule has 0 aromatic rings. The number of piperidine rings is 1. The summed E-state index contributed by atoms with van der Waals surface area (Å²) in [5.74, 6) is 0. The molecule has 0 saturated carbocycles. The van der Waals surface area contributed by atoms with Crippen molar-refractivity contribution in [2.24, 2.45) is 0 Å². The van der Waals surface area contributed by atoms with Crippen LogP contribution in [0.4, 0.5) is 0 Å². The Morgan fingerprint density at radius 1 is 1.58 bits per heavy atom. The topological polar surface area (TPSA) is 39.1 Å². The smallest absolute Gasteiger partial charge is 0.0841 e. The molecule has 1 heterocycles. The molecule has 0 aromatic carbocycles. The number of rotatable bonds is 3. The summed E-state index contributed by atoms with van der Waals surface area (Å²) in [5, 5.41) is 11.5. The van der Waals surface area contributed by atoms with Gasteiger partial charge in [-0.05, 0) is 26.4 Å². The van der Waals surface area contributed by atoms with Crippen LogP contribution in [-0.4, -0.2) is 37.6 Å². The first kappa shape index (κ1) is 9.50. The van der Waals surface area contributed by atoms with Gasteiger partial charge in [-0.3, -0.25) is 0 Å². The van der Waals surface area contributed by atoms with Crippen LogP contribution in [0.3, 0.4) is 0 Å². The lowest BCUT2D eigenvalue weighted by Gasteiger charge is -2.32. The summed E-state index contributed by atoms with van der Waals surface area (Å²) in [6, 6.07) is 2.74. The van der Waals surface area contributed by atoms with Gasteiger partial charge in [0.25, 0.3) is 0 Å². The second-order valence-electron chi connectivity index (χ2n) is 3.42. The molecule has 0 aromatic heterocycles. The number of nitrogens with zero attached hydrogens (tertiary/aromatic N) is 2. The summed E-state index contributed by atoms with van der Waals surface area (Å²) in [7, 11) is 2.16. The zero-order valence-electron chi connectivity index (χ0n) is 7.71. The molecule has 3 heteroatoms. The first-order valence-corrected chi connectivity index (χ1v) is 4.62. The molecule has 12 heavy (non-hydrogen) atoms. The number of nitrogens with one attached hydrogen (secondary N) is 1. The Morgan fingerprint density at radius 3 is 3.08 bits per heavy atom. The molecule has 0 bridgehead atoms. The van der Waals surface area contributed by atoms with Gasteiger partial charge in [-0.25, -0.2) is 0 Å². The molecule has 1 atom stereocenters. The maximum absolute atomic E-state index is 8.34. The number of likely N-dealkylation sites (N-methyl/N-ethyl adjacent to an activating group) is 1. The van der Waals surface area contributed by atoms with Crippen LogP contribution in [0, 0.1) is 11.3 Å². The van der Waals surface area contributed by atoms with Gasteiger partial charge in [0.05, 0.1) is 12.6 Å². The maximum atomic E-state index is 8.34. The quantitative estimate of drug-likeness (QED) is 0.494. The van der Waals surface area contributed by atoms with E-state index in [0.29, 0.717) is 12.6 Å². The Labute approximate surface area is 74.4 Å². The van der Waals surface area contributed by atoms with Crippen LogP contribution in [0.1, 0.15) is 19.3 Å². The molecule has 1 unspecified atom stereocenters. The second-order valence-corrected chi connectivity index (χ2v) is 3.42. The minimum Gasteiger partial charge on any atom is -0.303 e. The van der Waals surface area contributed by atoms with Crippen molar-refractivity contribution in [3.63, 3.8) is 0 Å². The molecule has 1 saturated heterocycles. The van der Waals surface area contributed by atoms with Crippen LogP contribution in [0.25, 0.3) is 0 Å². The van der Waals surface area contributed by atoms with Crippen molar-refractivity contribution in [1.82, 2.24) is 10.2 Å². The highest BCUT2D eigenvalue weighted by Crippen LogP contribution is 2.13. The molecule has 1 N–H and O–H groups in total. The number of hydrogen-bond donors (Lipinski definition) is 1. The Bertz CT molecular complexity index is 162. The first-order valence-electron chi connectivity index (χ1n) is 4.62. The summed E-state index contributed by atoms with van der Waals surface area (Å²) < 4.78 is 0. The van der Waals surface area contributed by atoms with Gasteiger partial charge in [0.15, 0.2) is 0 Å². The molecule has 0 aliphatic carbocycles. The van der Waals surface area contributed by atoms with E-state index >= 15 is 0 Å². The third-order valence-corrected chi connectivity index (χ3v) is 2.51. The Morgan fingerprint density at radius 2 is 2.42 bits per heavy atom. The fraction of sp³-hybridized carbons (Fsp3) is 0.889. The van der Waals surface area contributed by atoms with Gasteiger partial charge in [-0.15, -0.1) is 0 Å². The van der Waals surface area contributed by atoms with Gasteiger partial charge in [0.1, 0.15) is 0 Å². The van der Waals surface area contributed by atoms with Crippen molar-refractivity contribution in [3.8, 4) is 6.07 Å². The lowest BCUT2D eigenvalue weighted by atomic mass is 10.0. The number of nitriles is 1. The van der Waals surface area contributed by atoms with E-state index in [0.717, 1.165) is 6.54 Å². The summed E-state index contributed by atoms with van der Waals surface area (Å²) in [6.07, 6.45) is 3.93. The van der Waals surface area contributed by atoms with Gasteiger partial charge in [0.2, 0.25) is 0 Å². The van der Waals surface area contributed by atoms with Crippen LogP contribution >= 0.6 is 0 Å². The van der Waals surface area contributed by atoms with E-state index in [1.54, 1.807) is 0 Å². The standard InChI is InChI=1S/C9H17N3/c1-12-7-3-2-4-9(12)8-11-6-5-10/h9,11H,2-4,6-8H2,1H3. The van der Waals surface area contributed by atoms with Crippen LogP contribution in [0.15, 0.2) is 0 Å². The van der Waals surface area contributed by atoms with Crippen molar-refractivity contribution >= 4 is 0 Å². The van der Waals surface area contributed by atoms with Gasteiger partial charge < -0.3 is 10.2 Å². The van der Waals surface area contributed by atoms with Crippen molar-refractivity contribution in [1.29, 1.82) is 5.26 Å². The highest BCUT2D eigenvalue weighted by molar-refractivity contribution is 4.79. The molecular weight excluding hydrogens is 150 g/mol. The van der Waals surface area contributed by atoms with E-state index in [1.807, 2.05) is 0 Å². The fourth-order valence-electron chi connectivity index (χ4n) is 1.70. The monoisotopic (exact) mass is 167 g/mol. The van der Waals surface area contributed by atoms with E-state index in [4.69, 9.17) is 5.26 Å². The summed E-state index contributed by atoms with van der Waals surface area (Å²) in [6.45, 7) is 2.65. The predicted molar refractivity (Wildman–Crippen MR) is 48.8 cm³/mol. The van der Waals surface area contributed by atoms with Gasteiger partial charge in [0, 0.05) is 12.6 Å². The molecule has 1 aliphatic heterocycles. The van der Waals surface area contributed by atoms with E-state index in [1.165, 1.54) is 25.8 Å². The SMILES string of the molecule is CN1CCCCC1CNCC#N. The Kier molecular flexibility index (Phi) is 4.06. The van der Waals surface area contributed by atoms with Gasteiger partial charge >= 0.3 is 0 Å². The van der Waals surface area contributed by atoms with Crippen molar-refractivity contribution in [2.75, 3.05) is 26.7 Å². The van der Waals surface area contributed by atoms with Gasteiger partial charge in [-0.1, -0.05) is 6.42 Å². The maximum Gasteiger partial charge on any atom is 0.0841 e. The van der Waals surface area contributed by atoms with Gasteiger partial charge in [-0.2, -0.15) is 5.26 Å². The Balaban J connectivity index is 2.16. The second kappa shape index (κ2) is 5.13. The van der Waals surface area contributed by atoms with E-state index in [-0.39, 0.29) is 0 Å². The van der Waals surface area contributed by atoms with E-state index in [2.05, 4.69) is 23.3 Å². The molecule has 1 aliphatic rings. The molecule has 0 amide bonds. The Hall–Kier alpha value is -0.590. The summed E-state index contributed by atoms with van der Waals surface area (Å²) in [4.78, 5) is 2.38. The minimum atomic E-state index is 0.477. The average molecular weight is 167 g/mol. The number of likely N-dealkylation sites (tertiary alicyclic amines) is 1. The number of hydrogen-bond acceptors (Lipinski definition) is 3. The highest BCUT2D eigenvalue weighted by atomic mass is 15.2. The fourth-order valence-corrected chi connectivity index (χ4v) is 1.70. The third-order valence-electron chi connectivity index (χ3n) is 2.51. The summed E-state index contributed by atoms with van der Waals surface area (Å²) in [5.41, 5.74) is 0. The molecule has 68 valence electrons. The zero-order valence-corrected chi connectivity index (χ0v) is 7.71. The molecule has 0 spiro atoms. The first-order chi connectivity index (χ1) is 5.84. The molecule has 0 radical (unpaired) electrons. The largest absolute Gasteiger partial charge is 0.303 e. The lowest BCUT2D eigenvalue weighted by molar-refractivity contribution is 0.183. The minimum absolute atomic E-state index is 0.477. The lowest BCUT2D eigenvalue weighted by Crippen LogP contribution is -2.43. The average Bonchev–Trinajstić information content (AvgIpc) is 2.09. The molecule has 1 rings (SSSR count). The molecule has 3 nitrogen and oxygen atoms in total. The normalized spacial score (nSPS) is 25.2. The highest BCUT2D eigenvalue weighted by Gasteiger charge is 2.17. The van der Waals surface area contributed by atoms with Crippen LogP contribution in [-0.2, 0) is 0 Å². The van der Waals surface area contributed by atoms with Crippen molar-refractivity contribution in [2.45, 2.75) is 25.3 Å².